The number of amides is 1. The lowest BCUT2D eigenvalue weighted by atomic mass is 9.98. The topological polar surface area (TPSA) is 74.9 Å². The molecule has 36 heavy (non-hydrogen) atoms. The number of carbonyl (C=O) groups excluding carboxylic acids is 1. The number of rotatable bonds is 7. The van der Waals surface area contributed by atoms with Crippen molar-refractivity contribution in [3.05, 3.63) is 54.4 Å². The molecule has 0 saturated carbocycles. The molecule has 3 heterocycles. The van der Waals surface area contributed by atoms with Crippen LogP contribution in [0.2, 0.25) is 0 Å². The Kier molecular flexibility index (Phi) is 7.39. The third kappa shape index (κ3) is 5.48. The van der Waals surface area contributed by atoms with Crippen molar-refractivity contribution >= 4 is 17.3 Å². The number of piperazine rings is 1. The number of hydrogen-bond acceptors (Lipinski definition) is 7. The van der Waals surface area contributed by atoms with Gasteiger partial charge in [-0.2, -0.15) is 4.98 Å². The highest BCUT2D eigenvalue weighted by atomic mass is 16.5. The summed E-state index contributed by atoms with van der Waals surface area (Å²) < 4.78 is 10.9. The number of para-hydroxylation sites is 2. The van der Waals surface area contributed by atoms with Crippen LogP contribution in [0.1, 0.15) is 32.1 Å². The third-order valence-electron chi connectivity index (χ3n) is 7.35. The summed E-state index contributed by atoms with van der Waals surface area (Å²) >= 11 is 0. The molecule has 0 bridgehead atoms. The van der Waals surface area contributed by atoms with E-state index >= 15 is 0 Å². The minimum absolute atomic E-state index is 0.120. The second-order valence-electron chi connectivity index (χ2n) is 9.77. The summed E-state index contributed by atoms with van der Waals surface area (Å²) in [5, 5.41) is 4.15. The third-order valence-corrected chi connectivity index (χ3v) is 7.35. The van der Waals surface area contributed by atoms with E-state index in [0.29, 0.717) is 37.6 Å². The zero-order valence-electron chi connectivity index (χ0n) is 21.2. The number of benzene rings is 2. The van der Waals surface area contributed by atoms with Crippen LogP contribution in [0.5, 0.6) is 5.75 Å². The molecule has 2 aliphatic rings. The van der Waals surface area contributed by atoms with Gasteiger partial charge in [-0.05, 0) is 55.2 Å². The summed E-state index contributed by atoms with van der Waals surface area (Å²) in [6, 6.07) is 16.4. The van der Waals surface area contributed by atoms with Gasteiger partial charge >= 0.3 is 0 Å². The van der Waals surface area contributed by atoms with Gasteiger partial charge in [-0.25, -0.2) is 0 Å². The number of nitrogens with zero attached hydrogens (tertiary/aromatic N) is 5. The molecule has 3 aromatic rings. The highest BCUT2D eigenvalue weighted by molar-refractivity contribution is 5.77. The van der Waals surface area contributed by atoms with Crippen LogP contribution in [0.25, 0.3) is 11.4 Å². The number of anilines is 2. The van der Waals surface area contributed by atoms with Crippen molar-refractivity contribution in [3.63, 3.8) is 0 Å². The van der Waals surface area contributed by atoms with Crippen LogP contribution in [-0.2, 0) is 11.2 Å². The van der Waals surface area contributed by atoms with E-state index in [1.54, 1.807) is 7.11 Å². The molecule has 2 saturated heterocycles. The normalized spacial score (nSPS) is 16.9. The lowest BCUT2D eigenvalue weighted by Gasteiger charge is -2.36. The van der Waals surface area contributed by atoms with Crippen molar-refractivity contribution in [1.82, 2.24) is 15.0 Å². The van der Waals surface area contributed by atoms with Crippen molar-refractivity contribution in [2.24, 2.45) is 5.92 Å². The molecule has 0 unspecified atom stereocenters. The van der Waals surface area contributed by atoms with Crippen LogP contribution < -0.4 is 14.5 Å². The van der Waals surface area contributed by atoms with Crippen molar-refractivity contribution in [2.45, 2.75) is 32.6 Å². The Morgan fingerprint density at radius 3 is 2.42 bits per heavy atom. The van der Waals surface area contributed by atoms with Crippen molar-refractivity contribution in [3.8, 4) is 17.1 Å². The Balaban J connectivity index is 1.11. The van der Waals surface area contributed by atoms with Crippen LogP contribution in [-0.4, -0.2) is 67.3 Å². The van der Waals surface area contributed by atoms with Gasteiger partial charge in [0.25, 0.3) is 0 Å². The average Bonchev–Trinajstić information content (AvgIpc) is 3.41. The van der Waals surface area contributed by atoms with Crippen LogP contribution >= 0.6 is 0 Å². The van der Waals surface area contributed by atoms with E-state index in [0.717, 1.165) is 49.1 Å². The minimum Gasteiger partial charge on any atom is -0.495 e. The fourth-order valence-corrected chi connectivity index (χ4v) is 5.02. The quantitative estimate of drug-likeness (QED) is 0.491. The molecule has 0 aliphatic carbocycles. The first-order valence-electron chi connectivity index (χ1n) is 12.9. The van der Waals surface area contributed by atoms with E-state index in [2.05, 4.69) is 45.1 Å². The lowest BCUT2D eigenvalue weighted by Crippen LogP contribution is -2.48. The first kappa shape index (κ1) is 24.2. The molecular weight excluding hydrogens is 454 g/mol. The maximum Gasteiger partial charge on any atom is 0.227 e. The molecule has 2 fully saturated rings. The van der Waals surface area contributed by atoms with E-state index in [4.69, 9.17) is 9.26 Å². The first-order chi connectivity index (χ1) is 17.6. The van der Waals surface area contributed by atoms with Gasteiger partial charge in [-0.15, -0.1) is 0 Å². The zero-order valence-corrected chi connectivity index (χ0v) is 21.2. The number of aryl methyl sites for hydroxylation is 1. The van der Waals surface area contributed by atoms with Gasteiger partial charge in [0.15, 0.2) is 0 Å². The van der Waals surface area contributed by atoms with Crippen LogP contribution in [0.4, 0.5) is 11.4 Å². The van der Waals surface area contributed by atoms with Gasteiger partial charge in [0.2, 0.25) is 17.6 Å². The average molecular weight is 490 g/mol. The number of methoxy groups -OCH3 is 1. The summed E-state index contributed by atoms with van der Waals surface area (Å²) in [6.45, 7) is 7.48. The molecule has 0 radical (unpaired) electrons. The van der Waals surface area contributed by atoms with Crippen LogP contribution in [0.3, 0.4) is 0 Å². The highest BCUT2D eigenvalue weighted by Gasteiger charge is 2.23. The summed E-state index contributed by atoms with van der Waals surface area (Å²) in [4.78, 5) is 24.0. The van der Waals surface area contributed by atoms with Crippen molar-refractivity contribution in [2.75, 3.05) is 56.2 Å². The molecule has 0 atom stereocenters. The standard InChI is InChI=1S/C28H35N5O3/c1-21-13-15-31(16-14-21)23-9-7-22(8-10-23)28-29-26(36-30-28)11-12-27(34)33-19-17-32(18-20-33)24-5-3-4-6-25(24)35-2/h3-10,21H,11-20H2,1-2H3. The lowest BCUT2D eigenvalue weighted by molar-refractivity contribution is -0.131. The van der Waals surface area contributed by atoms with Gasteiger partial charge in [0.1, 0.15) is 5.75 Å². The SMILES string of the molecule is COc1ccccc1N1CCN(C(=O)CCc2nc(-c3ccc(N4CCC(C)CC4)cc3)no2)CC1. The Hall–Kier alpha value is -3.55. The predicted octanol–water partition coefficient (Wildman–Crippen LogP) is 4.26. The fraction of sp³-hybridized carbons (Fsp3) is 0.464. The molecule has 2 aromatic carbocycles. The predicted molar refractivity (Wildman–Crippen MR) is 140 cm³/mol. The molecule has 0 spiro atoms. The molecule has 190 valence electrons. The molecule has 5 rings (SSSR count). The Morgan fingerprint density at radius 2 is 1.69 bits per heavy atom. The second-order valence-corrected chi connectivity index (χ2v) is 9.77. The second kappa shape index (κ2) is 11.0. The first-order valence-corrected chi connectivity index (χ1v) is 12.9. The van der Waals surface area contributed by atoms with Gasteiger partial charge < -0.3 is 24.0 Å². The summed E-state index contributed by atoms with van der Waals surface area (Å²) in [7, 11) is 1.69. The fourth-order valence-electron chi connectivity index (χ4n) is 5.02. The molecule has 0 N–H and O–H groups in total. The zero-order chi connectivity index (χ0) is 24.9. The van der Waals surface area contributed by atoms with E-state index in [1.165, 1.54) is 18.5 Å². The van der Waals surface area contributed by atoms with E-state index in [1.807, 2.05) is 35.2 Å². The van der Waals surface area contributed by atoms with Gasteiger partial charge in [-0.1, -0.05) is 24.2 Å². The monoisotopic (exact) mass is 489 g/mol. The number of hydrogen-bond donors (Lipinski definition) is 0. The van der Waals surface area contributed by atoms with Crippen LogP contribution in [0, 0.1) is 5.92 Å². The molecule has 2 aliphatic heterocycles. The summed E-state index contributed by atoms with van der Waals surface area (Å²) in [5.74, 6) is 2.87. The van der Waals surface area contributed by atoms with Crippen LogP contribution in [0.15, 0.2) is 53.1 Å². The minimum atomic E-state index is 0.120. The molecule has 8 heteroatoms. The number of aromatic nitrogens is 2. The van der Waals surface area contributed by atoms with E-state index in [9.17, 15) is 4.79 Å². The van der Waals surface area contributed by atoms with E-state index in [-0.39, 0.29) is 5.91 Å². The van der Waals surface area contributed by atoms with E-state index < -0.39 is 0 Å². The number of carbonyl (C=O) groups is 1. The molecule has 8 nitrogen and oxygen atoms in total. The van der Waals surface area contributed by atoms with Gasteiger partial charge in [0.05, 0.1) is 12.8 Å². The Labute approximate surface area is 212 Å². The van der Waals surface area contributed by atoms with Gasteiger partial charge in [0, 0.05) is 63.4 Å². The number of ether oxygens (including phenoxy) is 1. The highest BCUT2D eigenvalue weighted by Crippen LogP contribution is 2.29. The Morgan fingerprint density at radius 1 is 0.972 bits per heavy atom. The summed E-state index contributed by atoms with van der Waals surface area (Å²) in [5.41, 5.74) is 3.24. The molecular formula is C28H35N5O3. The summed E-state index contributed by atoms with van der Waals surface area (Å²) in [6.07, 6.45) is 3.30. The van der Waals surface area contributed by atoms with Crippen molar-refractivity contribution in [1.29, 1.82) is 0 Å². The number of piperidine rings is 1. The molecule has 1 amide bonds. The van der Waals surface area contributed by atoms with Crippen molar-refractivity contribution < 1.29 is 14.1 Å². The smallest absolute Gasteiger partial charge is 0.227 e. The van der Waals surface area contributed by atoms with Gasteiger partial charge in [-0.3, -0.25) is 4.79 Å². The maximum absolute atomic E-state index is 12.8. The largest absolute Gasteiger partial charge is 0.495 e. The molecule has 1 aromatic heterocycles. The maximum atomic E-state index is 12.8. The Bertz CT molecular complexity index is 1150.